The molecule has 4 nitrogen and oxygen atoms in total. The Kier molecular flexibility index (Phi) is 4.02. The number of aryl methyl sites for hydroxylation is 1. The normalized spacial score (nSPS) is 9.80. The molecule has 0 unspecified atom stereocenters. The molecule has 0 fully saturated rings. The van der Waals surface area contributed by atoms with Gasteiger partial charge in [-0.05, 0) is 48.4 Å². The minimum Gasteiger partial charge on any atom is -0.457 e. The van der Waals surface area contributed by atoms with Crippen LogP contribution in [0.25, 0.3) is 0 Å². The van der Waals surface area contributed by atoms with E-state index in [9.17, 15) is 4.79 Å². The first-order valence-electron chi connectivity index (χ1n) is 6.12. The predicted molar refractivity (Wildman–Crippen MR) is 75.9 cm³/mol. The third-order valence-electron chi connectivity index (χ3n) is 2.92. The molecule has 0 aliphatic carbocycles. The van der Waals surface area contributed by atoms with E-state index in [1.54, 1.807) is 42.5 Å². The summed E-state index contributed by atoms with van der Waals surface area (Å²) in [5, 5.41) is 8.70. The summed E-state index contributed by atoms with van der Waals surface area (Å²) in [7, 11) is 0. The van der Waals surface area contributed by atoms with Crippen molar-refractivity contribution in [1.82, 2.24) is 0 Å². The van der Waals surface area contributed by atoms with E-state index < -0.39 is 0 Å². The number of anilines is 1. The van der Waals surface area contributed by atoms with Gasteiger partial charge in [0, 0.05) is 5.69 Å². The molecule has 0 saturated heterocycles. The molecular formula is C16H14N2O2. The number of hydrogen-bond donors (Lipinski definition) is 1. The van der Waals surface area contributed by atoms with Crippen LogP contribution in [0.15, 0.2) is 42.5 Å². The zero-order valence-electron chi connectivity index (χ0n) is 11.1. The van der Waals surface area contributed by atoms with Crippen molar-refractivity contribution < 1.29 is 9.53 Å². The SMILES string of the molecule is Cc1cc(N)ccc1C(=O)OCc1ccc(C#N)cc1. The molecule has 2 N–H and O–H groups in total. The summed E-state index contributed by atoms with van der Waals surface area (Å²) in [6.45, 7) is 1.99. The Morgan fingerprint density at radius 2 is 1.95 bits per heavy atom. The van der Waals surface area contributed by atoms with Crippen LogP contribution < -0.4 is 5.73 Å². The van der Waals surface area contributed by atoms with Crippen LogP contribution in [0.1, 0.15) is 27.0 Å². The smallest absolute Gasteiger partial charge is 0.338 e. The van der Waals surface area contributed by atoms with Gasteiger partial charge in [-0.1, -0.05) is 12.1 Å². The van der Waals surface area contributed by atoms with E-state index in [0.29, 0.717) is 16.8 Å². The van der Waals surface area contributed by atoms with E-state index in [1.165, 1.54) is 0 Å². The van der Waals surface area contributed by atoms with Gasteiger partial charge in [0.1, 0.15) is 6.61 Å². The first-order valence-corrected chi connectivity index (χ1v) is 6.12. The van der Waals surface area contributed by atoms with Crippen LogP contribution in [0, 0.1) is 18.3 Å². The average molecular weight is 266 g/mol. The Labute approximate surface area is 117 Å². The minimum absolute atomic E-state index is 0.175. The largest absolute Gasteiger partial charge is 0.457 e. The molecule has 0 saturated carbocycles. The summed E-state index contributed by atoms with van der Waals surface area (Å²) < 4.78 is 5.25. The van der Waals surface area contributed by atoms with Crippen molar-refractivity contribution in [2.45, 2.75) is 13.5 Å². The Morgan fingerprint density at radius 3 is 2.55 bits per heavy atom. The number of nitrogens with zero attached hydrogens (tertiary/aromatic N) is 1. The molecule has 0 heterocycles. The number of rotatable bonds is 3. The second-order valence-corrected chi connectivity index (χ2v) is 4.46. The summed E-state index contributed by atoms with van der Waals surface area (Å²) in [6.07, 6.45) is 0. The van der Waals surface area contributed by atoms with Gasteiger partial charge >= 0.3 is 5.97 Å². The Balaban J connectivity index is 2.03. The van der Waals surface area contributed by atoms with E-state index in [0.717, 1.165) is 11.1 Å². The number of esters is 1. The summed E-state index contributed by atoms with van der Waals surface area (Å²) in [5.41, 5.74) is 8.97. The summed E-state index contributed by atoms with van der Waals surface area (Å²) in [5.74, 6) is -0.383. The van der Waals surface area contributed by atoms with Crippen molar-refractivity contribution in [2.24, 2.45) is 0 Å². The van der Waals surface area contributed by atoms with Gasteiger partial charge in [-0.25, -0.2) is 4.79 Å². The maximum Gasteiger partial charge on any atom is 0.338 e. The van der Waals surface area contributed by atoms with Gasteiger partial charge in [-0.15, -0.1) is 0 Å². The lowest BCUT2D eigenvalue weighted by molar-refractivity contribution is 0.0472. The molecule has 100 valence electrons. The zero-order chi connectivity index (χ0) is 14.5. The van der Waals surface area contributed by atoms with Crippen LogP contribution in [0.2, 0.25) is 0 Å². The molecule has 0 aromatic heterocycles. The molecule has 0 atom stereocenters. The third-order valence-corrected chi connectivity index (χ3v) is 2.92. The number of nitrogen functional groups attached to an aromatic ring is 1. The first kappa shape index (κ1) is 13.6. The van der Waals surface area contributed by atoms with Gasteiger partial charge in [0.2, 0.25) is 0 Å². The van der Waals surface area contributed by atoms with E-state index in [2.05, 4.69) is 0 Å². The lowest BCUT2D eigenvalue weighted by Gasteiger charge is -2.08. The minimum atomic E-state index is -0.383. The number of carbonyl (C=O) groups excluding carboxylic acids is 1. The topological polar surface area (TPSA) is 76.1 Å². The van der Waals surface area contributed by atoms with Crippen molar-refractivity contribution in [2.75, 3.05) is 5.73 Å². The standard InChI is InChI=1S/C16H14N2O2/c1-11-8-14(18)6-7-15(11)16(19)20-10-13-4-2-12(9-17)3-5-13/h2-8H,10,18H2,1H3. The van der Waals surface area contributed by atoms with Gasteiger partial charge in [0.25, 0.3) is 0 Å². The first-order chi connectivity index (χ1) is 9.60. The van der Waals surface area contributed by atoms with Gasteiger partial charge in [0.15, 0.2) is 0 Å². The number of benzene rings is 2. The fraction of sp³-hybridized carbons (Fsp3) is 0.125. The number of nitrogens with two attached hydrogens (primary N) is 1. The highest BCUT2D eigenvalue weighted by Gasteiger charge is 2.10. The van der Waals surface area contributed by atoms with Crippen LogP contribution in [-0.2, 0) is 11.3 Å². The molecule has 0 aliphatic rings. The van der Waals surface area contributed by atoms with Crippen molar-refractivity contribution in [1.29, 1.82) is 5.26 Å². The Hall–Kier alpha value is -2.80. The molecule has 2 aromatic rings. The average Bonchev–Trinajstić information content (AvgIpc) is 2.45. The number of ether oxygens (including phenoxy) is 1. The fourth-order valence-corrected chi connectivity index (χ4v) is 1.82. The maximum atomic E-state index is 12.0. The van der Waals surface area contributed by atoms with E-state index in [4.69, 9.17) is 15.7 Å². The highest BCUT2D eigenvalue weighted by molar-refractivity contribution is 5.91. The number of hydrogen-bond acceptors (Lipinski definition) is 4. The van der Waals surface area contributed by atoms with Crippen molar-refractivity contribution in [3.05, 3.63) is 64.7 Å². The second-order valence-electron chi connectivity index (χ2n) is 4.46. The highest BCUT2D eigenvalue weighted by atomic mass is 16.5. The molecule has 2 aromatic carbocycles. The second kappa shape index (κ2) is 5.89. The Bertz CT molecular complexity index is 670. The lowest BCUT2D eigenvalue weighted by Crippen LogP contribution is -2.07. The summed E-state index contributed by atoms with van der Waals surface area (Å²) in [4.78, 5) is 12.0. The van der Waals surface area contributed by atoms with Crippen LogP contribution in [0.5, 0.6) is 0 Å². The van der Waals surface area contributed by atoms with Crippen LogP contribution in [-0.4, -0.2) is 5.97 Å². The van der Waals surface area contributed by atoms with Crippen molar-refractivity contribution in [3.8, 4) is 6.07 Å². The summed E-state index contributed by atoms with van der Waals surface area (Å²) in [6, 6.07) is 14.0. The maximum absolute atomic E-state index is 12.0. The summed E-state index contributed by atoms with van der Waals surface area (Å²) >= 11 is 0. The monoisotopic (exact) mass is 266 g/mol. The van der Waals surface area contributed by atoms with Crippen LogP contribution >= 0.6 is 0 Å². The molecule has 0 amide bonds. The van der Waals surface area contributed by atoms with Crippen molar-refractivity contribution in [3.63, 3.8) is 0 Å². The predicted octanol–water partition coefficient (Wildman–Crippen LogP) is 2.81. The Morgan fingerprint density at radius 1 is 1.25 bits per heavy atom. The molecule has 0 spiro atoms. The van der Waals surface area contributed by atoms with Crippen LogP contribution in [0.4, 0.5) is 5.69 Å². The van der Waals surface area contributed by atoms with E-state index in [-0.39, 0.29) is 12.6 Å². The van der Waals surface area contributed by atoms with Crippen molar-refractivity contribution >= 4 is 11.7 Å². The molecular weight excluding hydrogens is 252 g/mol. The third kappa shape index (κ3) is 3.15. The molecule has 4 heteroatoms. The van der Waals surface area contributed by atoms with Gasteiger partial charge in [0.05, 0.1) is 17.2 Å². The quantitative estimate of drug-likeness (QED) is 0.684. The fourth-order valence-electron chi connectivity index (χ4n) is 1.82. The number of carbonyl (C=O) groups is 1. The van der Waals surface area contributed by atoms with Crippen LogP contribution in [0.3, 0.4) is 0 Å². The van der Waals surface area contributed by atoms with E-state index in [1.807, 2.05) is 13.0 Å². The molecule has 20 heavy (non-hydrogen) atoms. The zero-order valence-corrected chi connectivity index (χ0v) is 11.1. The molecule has 0 radical (unpaired) electrons. The van der Waals surface area contributed by atoms with Gasteiger partial charge < -0.3 is 10.5 Å². The molecule has 0 bridgehead atoms. The molecule has 0 aliphatic heterocycles. The highest BCUT2D eigenvalue weighted by Crippen LogP contribution is 2.14. The lowest BCUT2D eigenvalue weighted by atomic mass is 10.1. The van der Waals surface area contributed by atoms with Gasteiger partial charge in [-0.2, -0.15) is 5.26 Å². The molecule has 2 rings (SSSR count). The number of nitriles is 1. The van der Waals surface area contributed by atoms with E-state index >= 15 is 0 Å². The van der Waals surface area contributed by atoms with Gasteiger partial charge in [-0.3, -0.25) is 0 Å².